The molecule has 1 aromatic rings. The zero-order chi connectivity index (χ0) is 10.7. The molecule has 1 aliphatic heterocycles. The van der Waals surface area contributed by atoms with Crippen LogP contribution in [-0.4, -0.2) is 18.4 Å². The topological polar surface area (TPSA) is 58.2 Å². The van der Waals surface area contributed by atoms with E-state index in [1.165, 1.54) is 0 Å². The first-order chi connectivity index (χ1) is 7.27. The van der Waals surface area contributed by atoms with Gasteiger partial charge in [0.15, 0.2) is 0 Å². The van der Waals surface area contributed by atoms with Gasteiger partial charge in [0, 0.05) is 12.2 Å². The molecule has 0 unspecified atom stereocenters. The number of carbonyl (C=O) groups is 2. The van der Waals surface area contributed by atoms with Crippen molar-refractivity contribution in [2.75, 3.05) is 11.9 Å². The molecule has 1 aromatic carbocycles. The standard InChI is InChI=1S/C11H12N2O2/c14-10-11(15)13-9-6-2-1-4-8(9)5-3-7-12-10/h1-2,4,6H,3,5,7H2,(H,12,14)(H,13,15). The summed E-state index contributed by atoms with van der Waals surface area (Å²) < 4.78 is 0. The molecule has 1 heterocycles. The number of aryl methyl sites for hydroxylation is 1. The second kappa shape index (κ2) is 4.13. The lowest BCUT2D eigenvalue weighted by Crippen LogP contribution is -2.35. The first-order valence-corrected chi connectivity index (χ1v) is 4.94. The van der Waals surface area contributed by atoms with Gasteiger partial charge in [0.2, 0.25) is 0 Å². The van der Waals surface area contributed by atoms with Crippen molar-refractivity contribution in [3.05, 3.63) is 29.8 Å². The van der Waals surface area contributed by atoms with Crippen molar-refractivity contribution in [2.24, 2.45) is 0 Å². The van der Waals surface area contributed by atoms with E-state index in [4.69, 9.17) is 0 Å². The molecule has 0 spiro atoms. The average molecular weight is 204 g/mol. The molecule has 0 saturated heterocycles. The number of rotatable bonds is 0. The summed E-state index contributed by atoms with van der Waals surface area (Å²) in [7, 11) is 0. The number of anilines is 1. The molecule has 78 valence electrons. The van der Waals surface area contributed by atoms with E-state index in [0.29, 0.717) is 6.54 Å². The smallest absolute Gasteiger partial charge is 0.313 e. The summed E-state index contributed by atoms with van der Waals surface area (Å²) in [5.41, 5.74) is 1.81. The molecular formula is C11H12N2O2. The lowest BCUT2D eigenvalue weighted by atomic mass is 10.1. The number of para-hydroxylation sites is 1. The SMILES string of the molecule is O=C1NCCCc2ccccc2NC1=O. The molecule has 2 N–H and O–H groups in total. The van der Waals surface area contributed by atoms with Crippen LogP contribution < -0.4 is 10.6 Å². The van der Waals surface area contributed by atoms with Crippen LogP contribution in [0.15, 0.2) is 24.3 Å². The maximum absolute atomic E-state index is 11.4. The first kappa shape index (κ1) is 9.71. The van der Waals surface area contributed by atoms with E-state index in [9.17, 15) is 9.59 Å². The van der Waals surface area contributed by atoms with E-state index in [1.54, 1.807) is 0 Å². The number of benzene rings is 1. The third-order valence-corrected chi connectivity index (χ3v) is 2.38. The Hall–Kier alpha value is -1.84. The Morgan fingerprint density at radius 2 is 1.87 bits per heavy atom. The molecule has 0 radical (unpaired) electrons. The van der Waals surface area contributed by atoms with Crippen molar-refractivity contribution in [2.45, 2.75) is 12.8 Å². The van der Waals surface area contributed by atoms with E-state index >= 15 is 0 Å². The average Bonchev–Trinajstić information content (AvgIpc) is 2.31. The molecule has 1 aliphatic rings. The third kappa shape index (κ3) is 2.15. The fraction of sp³-hybridized carbons (Fsp3) is 0.273. The van der Waals surface area contributed by atoms with Crippen molar-refractivity contribution < 1.29 is 9.59 Å². The van der Waals surface area contributed by atoms with Crippen LogP contribution >= 0.6 is 0 Å². The predicted molar refractivity (Wildman–Crippen MR) is 56.4 cm³/mol. The summed E-state index contributed by atoms with van der Waals surface area (Å²) >= 11 is 0. The van der Waals surface area contributed by atoms with E-state index in [2.05, 4.69) is 10.6 Å². The second-order valence-corrected chi connectivity index (χ2v) is 3.47. The Morgan fingerprint density at radius 3 is 2.73 bits per heavy atom. The fourth-order valence-electron chi connectivity index (χ4n) is 1.60. The Bertz CT molecular complexity index is 401. The third-order valence-electron chi connectivity index (χ3n) is 2.38. The summed E-state index contributed by atoms with van der Waals surface area (Å²) in [5, 5.41) is 5.16. The van der Waals surface area contributed by atoms with Gasteiger partial charge in [0.1, 0.15) is 0 Å². The van der Waals surface area contributed by atoms with E-state index in [0.717, 1.165) is 24.1 Å². The number of carbonyl (C=O) groups excluding carboxylic acids is 2. The van der Waals surface area contributed by atoms with Gasteiger partial charge in [0.25, 0.3) is 0 Å². The number of hydrogen-bond donors (Lipinski definition) is 2. The highest BCUT2D eigenvalue weighted by molar-refractivity contribution is 6.39. The van der Waals surface area contributed by atoms with Gasteiger partial charge in [-0.2, -0.15) is 0 Å². The fourth-order valence-corrected chi connectivity index (χ4v) is 1.60. The molecule has 0 aliphatic carbocycles. The summed E-state index contributed by atoms with van der Waals surface area (Å²) in [6.07, 6.45) is 1.70. The van der Waals surface area contributed by atoms with Crippen LogP contribution in [0.25, 0.3) is 0 Å². The van der Waals surface area contributed by atoms with Crippen LogP contribution in [0.5, 0.6) is 0 Å². The maximum Gasteiger partial charge on any atom is 0.313 e. The Balaban J connectivity index is 2.30. The van der Waals surface area contributed by atoms with Gasteiger partial charge in [-0.05, 0) is 24.5 Å². The zero-order valence-electron chi connectivity index (χ0n) is 8.25. The molecule has 0 aromatic heterocycles. The molecule has 0 fully saturated rings. The molecule has 0 atom stereocenters. The van der Waals surface area contributed by atoms with Gasteiger partial charge in [-0.15, -0.1) is 0 Å². The summed E-state index contributed by atoms with van der Waals surface area (Å²) in [6.45, 7) is 0.542. The molecule has 4 heteroatoms. The van der Waals surface area contributed by atoms with E-state index < -0.39 is 11.8 Å². The summed E-state index contributed by atoms with van der Waals surface area (Å²) in [4.78, 5) is 22.6. The number of amides is 2. The maximum atomic E-state index is 11.4. The Labute approximate surface area is 87.7 Å². The molecule has 2 rings (SSSR count). The van der Waals surface area contributed by atoms with Crippen molar-refractivity contribution in [1.29, 1.82) is 0 Å². The van der Waals surface area contributed by atoms with Gasteiger partial charge < -0.3 is 10.6 Å². The molecule has 15 heavy (non-hydrogen) atoms. The van der Waals surface area contributed by atoms with Crippen molar-refractivity contribution in [3.8, 4) is 0 Å². The minimum Gasteiger partial charge on any atom is -0.348 e. The number of hydrogen-bond acceptors (Lipinski definition) is 2. The van der Waals surface area contributed by atoms with Gasteiger partial charge in [0.05, 0.1) is 0 Å². The summed E-state index contributed by atoms with van der Waals surface area (Å²) in [5.74, 6) is -1.16. The predicted octanol–water partition coefficient (Wildman–Crippen LogP) is 0.688. The number of nitrogens with one attached hydrogen (secondary N) is 2. The van der Waals surface area contributed by atoms with Crippen LogP contribution in [0.2, 0.25) is 0 Å². The molecular weight excluding hydrogens is 192 g/mol. The van der Waals surface area contributed by atoms with Gasteiger partial charge in [-0.3, -0.25) is 9.59 Å². The molecule has 0 bridgehead atoms. The summed E-state index contributed by atoms with van der Waals surface area (Å²) in [6, 6.07) is 7.55. The minimum atomic E-state index is -0.593. The van der Waals surface area contributed by atoms with Gasteiger partial charge in [-0.25, -0.2) is 0 Å². The van der Waals surface area contributed by atoms with Crippen LogP contribution in [0.4, 0.5) is 5.69 Å². The highest BCUT2D eigenvalue weighted by atomic mass is 16.2. The van der Waals surface area contributed by atoms with Crippen LogP contribution in [0.1, 0.15) is 12.0 Å². The largest absolute Gasteiger partial charge is 0.348 e. The normalized spacial score (nSPS) is 16.5. The number of fused-ring (bicyclic) bond motifs is 1. The lowest BCUT2D eigenvalue weighted by Gasteiger charge is -2.07. The second-order valence-electron chi connectivity index (χ2n) is 3.47. The monoisotopic (exact) mass is 204 g/mol. The highest BCUT2D eigenvalue weighted by Crippen LogP contribution is 2.17. The van der Waals surface area contributed by atoms with Crippen molar-refractivity contribution >= 4 is 17.5 Å². The molecule has 0 saturated carbocycles. The van der Waals surface area contributed by atoms with Crippen LogP contribution in [0.3, 0.4) is 0 Å². The van der Waals surface area contributed by atoms with Crippen LogP contribution in [0, 0.1) is 0 Å². The lowest BCUT2D eigenvalue weighted by molar-refractivity contribution is -0.136. The van der Waals surface area contributed by atoms with E-state index in [1.807, 2.05) is 24.3 Å². The van der Waals surface area contributed by atoms with Crippen molar-refractivity contribution in [1.82, 2.24) is 5.32 Å². The Kier molecular flexibility index (Phi) is 2.67. The first-order valence-electron chi connectivity index (χ1n) is 4.94. The molecule has 4 nitrogen and oxygen atoms in total. The van der Waals surface area contributed by atoms with Crippen LogP contribution in [-0.2, 0) is 16.0 Å². The quantitative estimate of drug-likeness (QED) is 0.611. The van der Waals surface area contributed by atoms with E-state index in [-0.39, 0.29) is 0 Å². The van der Waals surface area contributed by atoms with Gasteiger partial charge >= 0.3 is 11.8 Å². The highest BCUT2D eigenvalue weighted by Gasteiger charge is 2.16. The minimum absolute atomic E-state index is 0.542. The zero-order valence-corrected chi connectivity index (χ0v) is 8.25. The van der Waals surface area contributed by atoms with Gasteiger partial charge in [-0.1, -0.05) is 18.2 Å². The van der Waals surface area contributed by atoms with Crippen molar-refractivity contribution in [3.63, 3.8) is 0 Å². The molecule has 2 amide bonds. The Morgan fingerprint density at radius 1 is 1.07 bits per heavy atom.